The molecule has 3 aromatic rings. The summed E-state index contributed by atoms with van der Waals surface area (Å²) in [5, 5.41) is 19.8. The molecule has 0 aliphatic carbocycles. The third-order valence-electron chi connectivity index (χ3n) is 4.11. The molecule has 1 aromatic heterocycles. The lowest BCUT2D eigenvalue weighted by molar-refractivity contribution is 0.0898. The molecule has 5 heteroatoms. The number of fused-ring (bicyclic) bond motifs is 3. The molecule has 0 atom stereocenters. The molecule has 3 rings (SSSR count). The summed E-state index contributed by atoms with van der Waals surface area (Å²) in [5.41, 5.74) is 2.80. The van der Waals surface area contributed by atoms with E-state index >= 15 is 0 Å². The van der Waals surface area contributed by atoms with Crippen LogP contribution in [0.3, 0.4) is 0 Å². The van der Waals surface area contributed by atoms with Crippen LogP contribution in [0.5, 0.6) is 0 Å². The highest BCUT2D eigenvalue weighted by Gasteiger charge is 2.14. The molecule has 2 aromatic carbocycles. The van der Waals surface area contributed by atoms with Gasteiger partial charge in [0, 0.05) is 39.5 Å². The number of rotatable bonds is 5. The van der Waals surface area contributed by atoms with E-state index in [0.717, 1.165) is 28.4 Å². The van der Waals surface area contributed by atoms with Crippen molar-refractivity contribution in [1.82, 2.24) is 4.57 Å². The number of carbonyl (C=O) groups excluding carboxylic acids is 2. The predicted octanol–water partition coefficient (Wildman–Crippen LogP) is 2.16. The van der Waals surface area contributed by atoms with Gasteiger partial charge in [-0.3, -0.25) is 9.59 Å². The van der Waals surface area contributed by atoms with Crippen molar-refractivity contribution in [2.75, 3.05) is 13.2 Å². The Hall–Kier alpha value is -2.50. The summed E-state index contributed by atoms with van der Waals surface area (Å²) in [6.07, 6.45) is 0. The summed E-state index contributed by atoms with van der Waals surface area (Å²) >= 11 is 0. The normalized spacial score (nSPS) is 11.3. The highest BCUT2D eigenvalue weighted by molar-refractivity contribution is 6.13. The van der Waals surface area contributed by atoms with Gasteiger partial charge in [-0.25, -0.2) is 0 Å². The third kappa shape index (κ3) is 2.44. The van der Waals surface area contributed by atoms with Crippen LogP contribution in [0.4, 0.5) is 0 Å². The molecule has 0 aliphatic rings. The van der Waals surface area contributed by atoms with Crippen molar-refractivity contribution in [2.45, 2.75) is 13.5 Å². The third-order valence-corrected chi connectivity index (χ3v) is 4.11. The number of carbonyl (C=O) groups is 2. The van der Waals surface area contributed by atoms with E-state index in [1.807, 2.05) is 19.1 Å². The molecule has 5 nitrogen and oxygen atoms in total. The zero-order valence-corrected chi connectivity index (χ0v) is 12.7. The number of Topliss-reactive ketones (excluding diaryl/α,β-unsaturated/α-hetero) is 2. The number of aromatic nitrogens is 1. The van der Waals surface area contributed by atoms with E-state index in [0.29, 0.717) is 11.1 Å². The first-order valence-corrected chi connectivity index (χ1v) is 7.44. The molecule has 118 valence electrons. The second kappa shape index (κ2) is 5.95. The molecule has 0 unspecified atom stereocenters. The van der Waals surface area contributed by atoms with Gasteiger partial charge in [0.25, 0.3) is 0 Å². The SMILES string of the molecule is CCn1c2ccc(C(=O)CO)cc2c2cc(C(=O)CO)ccc21. The molecule has 1 heterocycles. The van der Waals surface area contributed by atoms with Gasteiger partial charge >= 0.3 is 0 Å². The fraction of sp³-hybridized carbons (Fsp3) is 0.222. The van der Waals surface area contributed by atoms with E-state index < -0.39 is 13.2 Å². The smallest absolute Gasteiger partial charge is 0.188 e. The molecular formula is C18H17NO4. The fourth-order valence-electron chi connectivity index (χ4n) is 2.97. The van der Waals surface area contributed by atoms with Gasteiger partial charge in [-0.2, -0.15) is 0 Å². The van der Waals surface area contributed by atoms with Crippen LogP contribution in [0.1, 0.15) is 27.6 Å². The Balaban J connectivity index is 2.35. The van der Waals surface area contributed by atoms with Crippen molar-refractivity contribution in [1.29, 1.82) is 0 Å². The molecule has 0 saturated heterocycles. The van der Waals surface area contributed by atoms with Crippen LogP contribution in [0, 0.1) is 0 Å². The van der Waals surface area contributed by atoms with E-state index in [-0.39, 0.29) is 11.6 Å². The summed E-state index contributed by atoms with van der Waals surface area (Å²) in [7, 11) is 0. The number of nitrogens with zero attached hydrogens (tertiary/aromatic N) is 1. The molecule has 0 aliphatic heterocycles. The van der Waals surface area contributed by atoms with Crippen LogP contribution in [0.25, 0.3) is 21.8 Å². The van der Waals surface area contributed by atoms with Gasteiger partial charge in [0.15, 0.2) is 11.6 Å². The van der Waals surface area contributed by atoms with Crippen molar-refractivity contribution in [3.8, 4) is 0 Å². The Morgan fingerprint density at radius 1 is 0.870 bits per heavy atom. The molecular weight excluding hydrogens is 294 g/mol. The van der Waals surface area contributed by atoms with E-state index in [1.165, 1.54) is 0 Å². The van der Waals surface area contributed by atoms with Gasteiger partial charge in [0.2, 0.25) is 0 Å². The average molecular weight is 311 g/mol. The maximum Gasteiger partial charge on any atom is 0.188 e. The largest absolute Gasteiger partial charge is 0.388 e. The molecule has 23 heavy (non-hydrogen) atoms. The summed E-state index contributed by atoms with van der Waals surface area (Å²) < 4.78 is 2.10. The van der Waals surface area contributed by atoms with E-state index in [2.05, 4.69) is 4.57 Å². The van der Waals surface area contributed by atoms with E-state index in [1.54, 1.807) is 24.3 Å². The van der Waals surface area contributed by atoms with Crippen molar-refractivity contribution in [2.24, 2.45) is 0 Å². The standard InChI is InChI=1S/C18H17NO4/c1-2-19-15-5-3-11(17(22)9-20)7-13(15)14-8-12(18(23)10-21)4-6-16(14)19/h3-8,20-21H,2,9-10H2,1H3. The van der Waals surface area contributed by atoms with Crippen LogP contribution in [-0.2, 0) is 6.54 Å². The zero-order chi connectivity index (χ0) is 16.6. The van der Waals surface area contributed by atoms with E-state index in [9.17, 15) is 9.59 Å². The van der Waals surface area contributed by atoms with Gasteiger partial charge in [-0.15, -0.1) is 0 Å². The first-order chi connectivity index (χ1) is 11.1. The van der Waals surface area contributed by atoms with Crippen LogP contribution >= 0.6 is 0 Å². The quantitative estimate of drug-likeness (QED) is 0.708. The molecule has 0 saturated carbocycles. The minimum atomic E-state index is -0.536. The van der Waals surface area contributed by atoms with E-state index in [4.69, 9.17) is 10.2 Å². The highest BCUT2D eigenvalue weighted by Crippen LogP contribution is 2.31. The Morgan fingerprint density at radius 2 is 1.30 bits per heavy atom. The van der Waals surface area contributed by atoms with Crippen molar-refractivity contribution in [3.05, 3.63) is 47.5 Å². The van der Waals surface area contributed by atoms with Crippen molar-refractivity contribution in [3.63, 3.8) is 0 Å². The fourth-order valence-corrected chi connectivity index (χ4v) is 2.97. The molecule has 0 bridgehead atoms. The Labute approximate surface area is 132 Å². The Kier molecular flexibility index (Phi) is 3.98. The number of aryl methyl sites for hydroxylation is 1. The topological polar surface area (TPSA) is 79.5 Å². The highest BCUT2D eigenvalue weighted by atomic mass is 16.3. The zero-order valence-electron chi connectivity index (χ0n) is 12.7. The van der Waals surface area contributed by atoms with Gasteiger partial charge < -0.3 is 14.8 Å². The van der Waals surface area contributed by atoms with Crippen molar-refractivity contribution >= 4 is 33.4 Å². The Bertz CT molecular complexity index is 850. The summed E-state index contributed by atoms with van der Waals surface area (Å²) in [6.45, 7) is 1.71. The molecule has 0 spiro atoms. The summed E-state index contributed by atoms with van der Waals surface area (Å²) in [4.78, 5) is 23.5. The Morgan fingerprint density at radius 3 is 1.65 bits per heavy atom. The molecule has 0 fully saturated rings. The first kappa shape index (κ1) is 15.4. The molecule has 0 amide bonds. The minimum Gasteiger partial charge on any atom is -0.388 e. The second-order valence-corrected chi connectivity index (χ2v) is 5.37. The number of ketones is 2. The van der Waals surface area contributed by atoms with Crippen LogP contribution in [-0.4, -0.2) is 39.6 Å². The lowest BCUT2D eigenvalue weighted by Gasteiger charge is -2.03. The van der Waals surface area contributed by atoms with Crippen molar-refractivity contribution < 1.29 is 19.8 Å². The number of aliphatic hydroxyl groups excluding tert-OH is 2. The lowest BCUT2D eigenvalue weighted by atomic mass is 10.0. The van der Waals surface area contributed by atoms with Gasteiger partial charge in [-0.1, -0.05) is 0 Å². The first-order valence-electron chi connectivity index (χ1n) is 7.44. The number of aliphatic hydroxyl groups is 2. The lowest BCUT2D eigenvalue weighted by Crippen LogP contribution is -2.04. The maximum absolute atomic E-state index is 11.7. The summed E-state index contributed by atoms with van der Waals surface area (Å²) in [5.74, 6) is -0.682. The maximum atomic E-state index is 11.7. The molecule has 0 radical (unpaired) electrons. The number of benzene rings is 2. The molecule has 2 N–H and O–H groups in total. The van der Waals surface area contributed by atoms with Crippen LogP contribution < -0.4 is 0 Å². The van der Waals surface area contributed by atoms with Crippen LogP contribution in [0.2, 0.25) is 0 Å². The average Bonchev–Trinajstić information content (AvgIpc) is 2.92. The predicted molar refractivity (Wildman–Crippen MR) is 88.0 cm³/mol. The monoisotopic (exact) mass is 311 g/mol. The van der Waals surface area contributed by atoms with Crippen LogP contribution in [0.15, 0.2) is 36.4 Å². The van der Waals surface area contributed by atoms with Gasteiger partial charge in [0.1, 0.15) is 13.2 Å². The number of hydrogen-bond donors (Lipinski definition) is 2. The van der Waals surface area contributed by atoms with Gasteiger partial charge in [-0.05, 0) is 43.3 Å². The second-order valence-electron chi connectivity index (χ2n) is 5.37. The number of hydrogen-bond acceptors (Lipinski definition) is 4. The summed E-state index contributed by atoms with van der Waals surface area (Å²) in [6, 6.07) is 10.6. The van der Waals surface area contributed by atoms with Gasteiger partial charge in [0.05, 0.1) is 0 Å². The minimum absolute atomic E-state index is 0.341.